The number of hydrogen-bond acceptors (Lipinski definition) is 6. The van der Waals surface area contributed by atoms with Crippen molar-refractivity contribution in [2.24, 2.45) is 0 Å². The highest BCUT2D eigenvalue weighted by Crippen LogP contribution is 2.37. The van der Waals surface area contributed by atoms with Crippen LogP contribution in [0.25, 0.3) is 0 Å². The lowest BCUT2D eigenvalue weighted by Crippen LogP contribution is -2.41. The first-order valence-electron chi connectivity index (χ1n) is 8.95. The molecule has 1 fully saturated rings. The summed E-state index contributed by atoms with van der Waals surface area (Å²) >= 11 is 12.5. The fourth-order valence-electron chi connectivity index (χ4n) is 3.11. The van der Waals surface area contributed by atoms with Gasteiger partial charge in [0, 0.05) is 17.6 Å². The lowest BCUT2D eigenvalue weighted by atomic mass is 10.2. The van der Waals surface area contributed by atoms with Crippen molar-refractivity contribution in [2.75, 3.05) is 18.4 Å². The normalized spacial score (nSPS) is 16.3. The average Bonchev–Trinajstić information content (AvgIpc) is 3.21. The molecular formula is C19H16Cl2F3N3O3S. The Labute approximate surface area is 190 Å². The fraction of sp³-hybridized carbons (Fsp3) is 0.316. The molecule has 1 aliphatic heterocycles. The van der Waals surface area contributed by atoms with Crippen LogP contribution in [-0.4, -0.2) is 41.5 Å². The number of nitrogens with zero attached hydrogens (tertiary/aromatic N) is 2. The lowest BCUT2D eigenvalue weighted by Gasteiger charge is -2.23. The molecule has 2 heterocycles. The Morgan fingerprint density at radius 2 is 2.03 bits per heavy atom. The number of amides is 1. The second-order valence-corrected chi connectivity index (χ2v) is 8.30. The first-order chi connectivity index (χ1) is 14.6. The Bertz CT molecular complexity index is 1010. The molecule has 166 valence electrons. The highest BCUT2D eigenvalue weighted by Gasteiger charge is 2.37. The maximum absolute atomic E-state index is 13.1. The largest absolute Gasteiger partial charge is 0.467 e. The van der Waals surface area contributed by atoms with E-state index >= 15 is 0 Å². The van der Waals surface area contributed by atoms with Crippen molar-refractivity contribution in [2.45, 2.75) is 30.0 Å². The van der Waals surface area contributed by atoms with Crippen molar-refractivity contribution in [1.29, 1.82) is 0 Å². The van der Waals surface area contributed by atoms with E-state index in [1.165, 1.54) is 30.3 Å². The van der Waals surface area contributed by atoms with Crippen molar-refractivity contribution in [1.82, 2.24) is 9.88 Å². The Balaban J connectivity index is 1.84. The van der Waals surface area contributed by atoms with Crippen molar-refractivity contribution in [3.05, 3.63) is 51.8 Å². The van der Waals surface area contributed by atoms with E-state index in [4.69, 9.17) is 27.9 Å². The Morgan fingerprint density at radius 1 is 1.29 bits per heavy atom. The smallest absolute Gasteiger partial charge is 0.417 e. The van der Waals surface area contributed by atoms with Crippen LogP contribution in [0.1, 0.15) is 28.9 Å². The van der Waals surface area contributed by atoms with Crippen molar-refractivity contribution < 1.29 is 27.5 Å². The maximum Gasteiger partial charge on any atom is 0.417 e. The average molecular weight is 494 g/mol. The number of pyridine rings is 1. The van der Waals surface area contributed by atoms with E-state index in [9.17, 15) is 22.8 Å². The van der Waals surface area contributed by atoms with Gasteiger partial charge in [0.2, 0.25) is 0 Å². The minimum Gasteiger partial charge on any atom is -0.467 e. The number of halogens is 5. The van der Waals surface area contributed by atoms with Crippen LogP contribution in [0.4, 0.5) is 18.9 Å². The van der Waals surface area contributed by atoms with Gasteiger partial charge in [-0.3, -0.25) is 4.79 Å². The molecule has 0 radical (unpaired) electrons. The van der Waals surface area contributed by atoms with Crippen LogP contribution >= 0.6 is 35.1 Å². The second-order valence-electron chi connectivity index (χ2n) is 6.57. The van der Waals surface area contributed by atoms with Crippen LogP contribution in [0.3, 0.4) is 0 Å². The third-order valence-electron chi connectivity index (χ3n) is 4.57. The van der Waals surface area contributed by atoms with Gasteiger partial charge in [-0.05, 0) is 49.1 Å². The van der Waals surface area contributed by atoms with Gasteiger partial charge >= 0.3 is 12.1 Å². The van der Waals surface area contributed by atoms with Crippen LogP contribution in [0.5, 0.6) is 0 Å². The fourth-order valence-corrected chi connectivity index (χ4v) is 4.19. The summed E-state index contributed by atoms with van der Waals surface area (Å²) in [6.07, 6.45) is -2.24. The predicted octanol–water partition coefficient (Wildman–Crippen LogP) is 5.30. The maximum atomic E-state index is 13.1. The number of carbonyl (C=O) groups is 2. The predicted molar refractivity (Wildman–Crippen MR) is 111 cm³/mol. The van der Waals surface area contributed by atoms with E-state index in [-0.39, 0.29) is 21.3 Å². The van der Waals surface area contributed by atoms with E-state index in [0.29, 0.717) is 19.4 Å². The molecule has 6 nitrogen and oxygen atoms in total. The number of likely N-dealkylation sites (tertiary alicyclic amines) is 1. The van der Waals surface area contributed by atoms with Crippen LogP contribution in [0, 0.1) is 0 Å². The van der Waals surface area contributed by atoms with E-state index in [1.54, 1.807) is 0 Å². The summed E-state index contributed by atoms with van der Waals surface area (Å²) < 4.78 is 46.9. The summed E-state index contributed by atoms with van der Waals surface area (Å²) in [4.78, 5) is 30.7. The van der Waals surface area contributed by atoms with Crippen molar-refractivity contribution in [3.8, 4) is 0 Å². The number of methoxy groups -OCH3 is 1. The molecule has 0 saturated carbocycles. The Kier molecular flexibility index (Phi) is 7.23. The van der Waals surface area contributed by atoms with Gasteiger partial charge in [-0.1, -0.05) is 23.2 Å². The molecule has 1 aliphatic rings. The standard InChI is InChI=1S/C19H16Cl2F3N3O3S/c1-30-18(29)15-3-2-6-27(15)17(28)16-14(7-10(20)9-25-16)26-31-11-4-5-13(21)12(8-11)19(22,23)24/h4-5,7-9,15,26H,2-3,6H2,1H3/t15-/m0/s1. The molecule has 1 aromatic heterocycles. The van der Waals surface area contributed by atoms with Crippen LogP contribution in [-0.2, 0) is 15.7 Å². The molecular weight excluding hydrogens is 478 g/mol. The van der Waals surface area contributed by atoms with Gasteiger partial charge in [-0.15, -0.1) is 0 Å². The van der Waals surface area contributed by atoms with Gasteiger partial charge in [-0.2, -0.15) is 13.2 Å². The quantitative estimate of drug-likeness (QED) is 0.449. The summed E-state index contributed by atoms with van der Waals surface area (Å²) in [5, 5.41) is -0.197. The Morgan fingerprint density at radius 3 is 2.71 bits per heavy atom. The zero-order valence-corrected chi connectivity index (χ0v) is 18.3. The number of rotatable bonds is 5. The molecule has 3 rings (SSSR count). The van der Waals surface area contributed by atoms with E-state index in [0.717, 1.165) is 24.1 Å². The number of benzene rings is 1. The van der Waals surface area contributed by atoms with E-state index in [1.807, 2.05) is 0 Å². The van der Waals surface area contributed by atoms with Crippen LogP contribution in [0.15, 0.2) is 35.4 Å². The summed E-state index contributed by atoms with van der Waals surface area (Å²) in [6, 6.07) is 4.15. The number of nitrogens with one attached hydrogen (secondary N) is 1. The molecule has 0 unspecified atom stereocenters. The topological polar surface area (TPSA) is 71.5 Å². The van der Waals surface area contributed by atoms with E-state index < -0.39 is 34.7 Å². The number of carbonyl (C=O) groups excluding carboxylic acids is 2. The van der Waals surface area contributed by atoms with Crippen molar-refractivity contribution >= 4 is 52.7 Å². The number of hydrogen-bond donors (Lipinski definition) is 1. The van der Waals surface area contributed by atoms with Gasteiger partial charge in [0.15, 0.2) is 5.69 Å². The first-order valence-corrected chi connectivity index (χ1v) is 10.5. The summed E-state index contributed by atoms with van der Waals surface area (Å²) in [5.74, 6) is -1.04. The molecule has 2 aromatic rings. The van der Waals surface area contributed by atoms with Gasteiger partial charge in [0.25, 0.3) is 5.91 Å². The molecule has 1 aromatic carbocycles. The Hall–Kier alpha value is -2.17. The third kappa shape index (κ3) is 5.36. The molecule has 12 heteroatoms. The van der Waals surface area contributed by atoms with Crippen LogP contribution < -0.4 is 4.72 Å². The summed E-state index contributed by atoms with van der Waals surface area (Å²) in [5.41, 5.74) is -0.793. The molecule has 0 bridgehead atoms. The molecule has 1 atom stereocenters. The van der Waals surface area contributed by atoms with Gasteiger partial charge in [-0.25, -0.2) is 9.78 Å². The van der Waals surface area contributed by atoms with Gasteiger partial charge < -0.3 is 14.4 Å². The third-order valence-corrected chi connectivity index (χ3v) is 5.91. The minimum absolute atomic E-state index is 0.0160. The zero-order valence-electron chi connectivity index (χ0n) is 16.0. The van der Waals surface area contributed by atoms with Crippen LogP contribution in [0.2, 0.25) is 10.0 Å². The number of esters is 1. The number of alkyl halides is 3. The minimum atomic E-state index is -4.61. The molecule has 0 spiro atoms. The highest BCUT2D eigenvalue weighted by atomic mass is 35.5. The van der Waals surface area contributed by atoms with Gasteiger partial charge in [0.05, 0.1) is 28.4 Å². The second kappa shape index (κ2) is 9.54. The molecule has 31 heavy (non-hydrogen) atoms. The van der Waals surface area contributed by atoms with E-state index in [2.05, 4.69) is 9.71 Å². The highest BCUT2D eigenvalue weighted by molar-refractivity contribution is 8.00. The zero-order chi connectivity index (χ0) is 22.8. The monoisotopic (exact) mass is 493 g/mol. The molecule has 0 aliphatic carbocycles. The first kappa shape index (κ1) is 23.5. The van der Waals surface area contributed by atoms with Gasteiger partial charge in [0.1, 0.15) is 6.04 Å². The molecule has 1 amide bonds. The number of ether oxygens (including phenoxy) is 1. The number of aromatic nitrogens is 1. The van der Waals surface area contributed by atoms with Crippen molar-refractivity contribution in [3.63, 3.8) is 0 Å². The molecule has 1 N–H and O–H groups in total. The summed E-state index contributed by atoms with van der Waals surface area (Å²) in [7, 11) is 1.24. The number of anilines is 1. The lowest BCUT2D eigenvalue weighted by molar-refractivity contribution is -0.145. The SMILES string of the molecule is COC(=O)[C@@H]1CCCN1C(=O)c1ncc(Cl)cc1NSc1ccc(Cl)c(C(F)(F)F)c1. The summed E-state index contributed by atoms with van der Waals surface area (Å²) in [6.45, 7) is 0.349. The molecule has 1 saturated heterocycles.